The Morgan fingerprint density at radius 3 is 2.91 bits per heavy atom. The molecule has 2 rings (SSSR count). The molecule has 1 aromatic heterocycles. The molecule has 0 aliphatic heterocycles. The van der Waals surface area contributed by atoms with Gasteiger partial charge in [-0.05, 0) is 47.3 Å². The Morgan fingerprint density at radius 1 is 1.41 bits per heavy atom. The van der Waals surface area contributed by atoms with E-state index in [0.717, 1.165) is 6.42 Å². The van der Waals surface area contributed by atoms with Gasteiger partial charge in [0, 0.05) is 11.6 Å². The van der Waals surface area contributed by atoms with Gasteiger partial charge in [0.15, 0.2) is 5.11 Å². The van der Waals surface area contributed by atoms with Gasteiger partial charge >= 0.3 is 0 Å². The minimum atomic E-state index is -0.473. The molecule has 0 atom stereocenters. The van der Waals surface area contributed by atoms with Crippen molar-refractivity contribution in [3.63, 3.8) is 0 Å². The van der Waals surface area contributed by atoms with Gasteiger partial charge in [0.05, 0.1) is 10.6 Å². The van der Waals surface area contributed by atoms with E-state index in [1.54, 1.807) is 10.7 Å². The maximum Gasteiger partial charge on any atom is 0.258 e. The molecule has 7 nitrogen and oxygen atoms in total. The van der Waals surface area contributed by atoms with Crippen LogP contribution in [0.4, 0.5) is 5.95 Å². The maximum absolute atomic E-state index is 12.1. The molecule has 22 heavy (non-hydrogen) atoms. The highest BCUT2D eigenvalue weighted by molar-refractivity contribution is 7.80. The van der Waals surface area contributed by atoms with Gasteiger partial charge in [0.1, 0.15) is 0 Å². The number of benzene rings is 1. The highest BCUT2D eigenvalue weighted by atomic mass is 35.5. The number of aromatic nitrogens is 4. The van der Waals surface area contributed by atoms with Crippen molar-refractivity contribution >= 4 is 52.4 Å². The predicted molar refractivity (Wildman–Crippen MR) is 88.3 cm³/mol. The molecule has 2 aromatic rings. The van der Waals surface area contributed by atoms with Crippen LogP contribution < -0.4 is 10.6 Å². The Bertz CT molecular complexity index is 705. The number of aryl methyl sites for hydroxylation is 1. The number of rotatable bonds is 4. The summed E-state index contributed by atoms with van der Waals surface area (Å²) in [6.07, 6.45) is 0.858. The Balaban J connectivity index is 2.04. The second-order valence-electron chi connectivity index (χ2n) is 4.26. The number of amides is 1. The molecule has 116 valence electrons. The largest absolute Gasteiger partial charge is 0.300 e. The quantitative estimate of drug-likeness (QED) is 0.816. The van der Waals surface area contributed by atoms with Crippen LogP contribution in [0.25, 0.3) is 0 Å². The minimum absolute atomic E-state index is 0.0631. The van der Waals surface area contributed by atoms with Gasteiger partial charge < -0.3 is 0 Å². The summed E-state index contributed by atoms with van der Waals surface area (Å²) in [5.74, 6) is -0.121. The number of nitrogens with one attached hydrogen (secondary N) is 2. The van der Waals surface area contributed by atoms with E-state index >= 15 is 0 Å². The van der Waals surface area contributed by atoms with Crippen molar-refractivity contribution in [2.24, 2.45) is 0 Å². The van der Waals surface area contributed by atoms with Crippen molar-refractivity contribution in [2.75, 3.05) is 5.32 Å². The number of halogens is 2. The zero-order chi connectivity index (χ0) is 16.1. The zero-order valence-corrected chi connectivity index (χ0v) is 13.8. The first-order valence-corrected chi connectivity index (χ1v) is 7.51. The summed E-state index contributed by atoms with van der Waals surface area (Å²) in [6, 6.07) is 4.59. The smallest absolute Gasteiger partial charge is 0.258 e. The van der Waals surface area contributed by atoms with Gasteiger partial charge in [-0.1, -0.05) is 35.2 Å². The SMILES string of the molecule is CCCn1nnnc1NC(=S)NC(=O)c1cc(Cl)ccc1Cl. The van der Waals surface area contributed by atoms with Crippen molar-refractivity contribution in [3.8, 4) is 0 Å². The molecule has 0 saturated heterocycles. The number of nitrogens with zero attached hydrogens (tertiary/aromatic N) is 4. The summed E-state index contributed by atoms with van der Waals surface area (Å²) >= 11 is 16.9. The van der Waals surface area contributed by atoms with E-state index in [2.05, 4.69) is 26.2 Å². The van der Waals surface area contributed by atoms with Crippen molar-refractivity contribution in [3.05, 3.63) is 33.8 Å². The molecule has 0 spiro atoms. The third kappa shape index (κ3) is 4.12. The molecule has 1 heterocycles. The maximum atomic E-state index is 12.1. The molecule has 1 aromatic carbocycles. The van der Waals surface area contributed by atoms with Crippen LogP contribution in [-0.4, -0.2) is 31.2 Å². The monoisotopic (exact) mass is 358 g/mol. The predicted octanol–water partition coefficient (Wildman–Crippen LogP) is 2.52. The number of carbonyl (C=O) groups is 1. The van der Waals surface area contributed by atoms with Gasteiger partial charge in [-0.25, -0.2) is 4.68 Å². The molecule has 0 aliphatic rings. The molecule has 0 radical (unpaired) electrons. The fraction of sp³-hybridized carbons (Fsp3) is 0.250. The van der Waals surface area contributed by atoms with E-state index in [4.69, 9.17) is 35.4 Å². The molecule has 10 heteroatoms. The van der Waals surface area contributed by atoms with Crippen molar-refractivity contribution in [1.29, 1.82) is 0 Å². The zero-order valence-electron chi connectivity index (χ0n) is 11.5. The Kier molecular flexibility index (Phi) is 5.64. The third-order valence-corrected chi connectivity index (χ3v) is 3.36. The Hall–Kier alpha value is -1.77. The summed E-state index contributed by atoms with van der Waals surface area (Å²) in [6.45, 7) is 2.62. The molecule has 0 aliphatic carbocycles. The van der Waals surface area contributed by atoms with Crippen molar-refractivity contribution in [1.82, 2.24) is 25.5 Å². The topological polar surface area (TPSA) is 84.7 Å². The molecule has 0 saturated carbocycles. The fourth-order valence-electron chi connectivity index (χ4n) is 1.63. The summed E-state index contributed by atoms with van der Waals surface area (Å²) in [4.78, 5) is 12.1. The molecular formula is C12H12Cl2N6OS. The van der Waals surface area contributed by atoms with Crippen LogP contribution >= 0.6 is 35.4 Å². The van der Waals surface area contributed by atoms with Crippen LogP contribution in [0.1, 0.15) is 23.7 Å². The minimum Gasteiger partial charge on any atom is -0.300 e. The fourth-order valence-corrected chi connectivity index (χ4v) is 2.19. The van der Waals surface area contributed by atoms with Crippen molar-refractivity contribution < 1.29 is 4.79 Å². The lowest BCUT2D eigenvalue weighted by molar-refractivity contribution is 0.0978. The number of anilines is 1. The average Bonchev–Trinajstić information content (AvgIpc) is 2.89. The lowest BCUT2D eigenvalue weighted by atomic mass is 10.2. The number of carbonyl (C=O) groups excluding carboxylic acids is 1. The van der Waals surface area contributed by atoms with Crippen molar-refractivity contribution in [2.45, 2.75) is 19.9 Å². The van der Waals surface area contributed by atoms with Crippen LogP contribution in [0, 0.1) is 0 Å². The first-order chi connectivity index (χ1) is 10.5. The number of hydrogen-bond donors (Lipinski definition) is 2. The summed E-state index contributed by atoms with van der Waals surface area (Å²) < 4.78 is 1.55. The van der Waals surface area contributed by atoms with Gasteiger partial charge in [-0.2, -0.15) is 0 Å². The first kappa shape index (κ1) is 16.6. The normalized spacial score (nSPS) is 10.3. The van der Waals surface area contributed by atoms with E-state index in [1.807, 2.05) is 6.92 Å². The molecule has 0 bridgehead atoms. The van der Waals surface area contributed by atoms with Crippen LogP contribution in [0.5, 0.6) is 0 Å². The van der Waals surface area contributed by atoms with E-state index in [9.17, 15) is 4.79 Å². The standard InChI is InChI=1S/C12H12Cl2N6OS/c1-2-5-20-11(17-18-19-20)16-12(22)15-10(21)8-6-7(13)3-4-9(8)14/h3-4,6H,2,5H2,1H3,(H2,15,16,17,19,21,22). The average molecular weight is 359 g/mol. The number of thiocarbonyl (C=S) groups is 1. The summed E-state index contributed by atoms with van der Waals surface area (Å²) in [5.41, 5.74) is 0.228. The van der Waals surface area contributed by atoms with Gasteiger partial charge in [0.2, 0.25) is 5.95 Å². The highest BCUT2D eigenvalue weighted by Gasteiger charge is 2.14. The lowest BCUT2D eigenvalue weighted by Crippen LogP contribution is -2.35. The second-order valence-corrected chi connectivity index (χ2v) is 5.51. The summed E-state index contributed by atoms with van der Waals surface area (Å²) in [7, 11) is 0. The van der Waals surface area contributed by atoms with E-state index in [-0.39, 0.29) is 15.7 Å². The molecule has 1 amide bonds. The number of hydrogen-bond acceptors (Lipinski definition) is 5. The van der Waals surface area contributed by atoms with Gasteiger partial charge in [-0.15, -0.1) is 0 Å². The van der Waals surface area contributed by atoms with E-state index < -0.39 is 5.91 Å². The highest BCUT2D eigenvalue weighted by Crippen LogP contribution is 2.20. The molecular weight excluding hydrogens is 347 g/mol. The molecule has 0 unspecified atom stereocenters. The van der Waals surface area contributed by atoms with Crippen LogP contribution in [-0.2, 0) is 6.54 Å². The van der Waals surface area contributed by atoms with Crippen LogP contribution in [0.15, 0.2) is 18.2 Å². The van der Waals surface area contributed by atoms with Gasteiger partial charge in [0.25, 0.3) is 5.91 Å². The van der Waals surface area contributed by atoms with Crippen LogP contribution in [0.3, 0.4) is 0 Å². The Labute approximate surface area is 142 Å². The second kappa shape index (κ2) is 7.48. The van der Waals surface area contributed by atoms with E-state index in [0.29, 0.717) is 17.5 Å². The van der Waals surface area contributed by atoms with Crippen LogP contribution in [0.2, 0.25) is 10.0 Å². The van der Waals surface area contributed by atoms with E-state index in [1.165, 1.54) is 12.1 Å². The third-order valence-electron chi connectivity index (χ3n) is 2.59. The first-order valence-electron chi connectivity index (χ1n) is 6.34. The molecule has 0 fully saturated rings. The summed E-state index contributed by atoms with van der Waals surface area (Å²) in [5, 5.41) is 17.1. The number of tetrazole rings is 1. The molecule has 2 N–H and O–H groups in total. The lowest BCUT2D eigenvalue weighted by Gasteiger charge is -2.10. The Morgan fingerprint density at radius 2 is 2.18 bits per heavy atom. The van der Waals surface area contributed by atoms with Gasteiger partial charge in [-0.3, -0.25) is 15.4 Å².